The maximum Gasteiger partial charge on any atom is 0.213 e. The normalized spacial score (nSPS) is 16.1. The highest BCUT2D eigenvalue weighted by atomic mass is 127. The van der Waals surface area contributed by atoms with Crippen LogP contribution in [0, 0.1) is 0 Å². The predicted molar refractivity (Wildman–Crippen MR) is 114 cm³/mol. The number of nitrogens with one attached hydrogen (secondary N) is 2. The molecular formula is C18H32IN5O. The molecule has 25 heavy (non-hydrogen) atoms. The summed E-state index contributed by atoms with van der Waals surface area (Å²) in [6.07, 6.45) is 3.96. The van der Waals surface area contributed by atoms with Crippen molar-refractivity contribution in [3.8, 4) is 5.88 Å². The molecule has 1 saturated heterocycles. The molecule has 1 fully saturated rings. The van der Waals surface area contributed by atoms with E-state index >= 15 is 0 Å². The number of ether oxygens (including phenoxy) is 1. The number of aromatic nitrogens is 1. The van der Waals surface area contributed by atoms with E-state index in [-0.39, 0.29) is 29.5 Å². The maximum atomic E-state index is 5.16. The SMILES string of the molecule is CN=C(NCc1cccc(OC)n1)NCC(C)(C)N1CCCCC1.I. The molecule has 1 aromatic heterocycles. The molecule has 0 aliphatic carbocycles. The number of likely N-dealkylation sites (tertiary alicyclic amines) is 1. The Morgan fingerprint density at radius 2 is 1.96 bits per heavy atom. The van der Waals surface area contributed by atoms with Crippen molar-refractivity contribution >= 4 is 29.9 Å². The molecular weight excluding hydrogens is 429 g/mol. The number of pyridine rings is 1. The van der Waals surface area contributed by atoms with Gasteiger partial charge in [-0.05, 0) is 45.8 Å². The van der Waals surface area contributed by atoms with E-state index < -0.39 is 0 Å². The maximum absolute atomic E-state index is 5.16. The van der Waals surface area contributed by atoms with Gasteiger partial charge in [-0.25, -0.2) is 4.98 Å². The van der Waals surface area contributed by atoms with E-state index in [1.165, 1.54) is 32.4 Å². The second-order valence-corrected chi connectivity index (χ2v) is 6.81. The molecule has 6 nitrogen and oxygen atoms in total. The van der Waals surface area contributed by atoms with E-state index in [4.69, 9.17) is 4.74 Å². The van der Waals surface area contributed by atoms with Gasteiger partial charge in [0.2, 0.25) is 5.88 Å². The van der Waals surface area contributed by atoms with Crippen LogP contribution in [0.25, 0.3) is 0 Å². The summed E-state index contributed by atoms with van der Waals surface area (Å²) in [5, 5.41) is 6.76. The first-order chi connectivity index (χ1) is 11.5. The van der Waals surface area contributed by atoms with Crippen LogP contribution in [0.3, 0.4) is 0 Å². The fraction of sp³-hybridized carbons (Fsp3) is 0.667. The molecule has 1 aliphatic rings. The monoisotopic (exact) mass is 461 g/mol. The number of nitrogens with zero attached hydrogens (tertiary/aromatic N) is 3. The third-order valence-electron chi connectivity index (χ3n) is 4.55. The molecule has 0 atom stereocenters. The van der Waals surface area contributed by atoms with Crippen molar-refractivity contribution in [3.63, 3.8) is 0 Å². The van der Waals surface area contributed by atoms with Crippen molar-refractivity contribution in [1.82, 2.24) is 20.5 Å². The molecule has 0 amide bonds. The van der Waals surface area contributed by atoms with Crippen LogP contribution in [-0.4, -0.2) is 55.2 Å². The van der Waals surface area contributed by atoms with Crippen molar-refractivity contribution in [2.45, 2.75) is 45.2 Å². The average molecular weight is 461 g/mol. The smallest absolute Gasteiger partial charge is 0.213 e. The van der Waals surface area contributed by atoms with Crippen LogP contribution in [0.4, 0.5) is 0 Å². The molecule has 0 spiro atoms. The lowest BCUT2D eigenvalue weighted by atomic mass is 9.98. The van der Waals surface area contributed by atoms with Crippen molar-refractivity contribution in [2.24, 2.45) is 4.99 Å². The summed E-state index contributed by atoms with van der Waals surface area (Å²) in [6, 6.07) is 5.76. The molecule has 1 aromatic rings. The minimum atomic E-state index is 0. The summed E-state index contributed by atoms with van der Waals surface area (Å²) in [5.41, 5.74) is 1.04. The van der Waals surface area contributed by atoms with Gasteiger partial charge in [-0.1, -0.05) is 12.5 Å². The van der Waals surface area contributed by atoms with Crippen LogP contribution in [0.1, 0.15) is 38.8 Å². The van der Waals surface area contributed by atoms with Gasteiger partial charge in [0.15, 0.2) is 5.96 Å². The van der Waals surface area contributed by atoms with Crippen LogP contribution >= 0.6 is 24.0 Å². The Morgan fingerprint density at radius 1 is 1.24 bits per heavy atom. The predicted octanol–water partition coefficient (Wildman–Crippen LogP) is 2.64. The standard InChI is InChI=1S/C18H31N5O.HI/c1-18(2,23-11-6-5-7-12-23)14-21-17(19-3)20-13-15-9-8-10-16(22-15)24-4;/h8-10H,5-7,11-14H2,1-4H3,(H2,19,20,21);1H. The molecule has 2 N–H and O–H groups in total. The van der Waals surface area contributed by atoms with Crippen LogP contribution in [0.2, 0.25) is 0 Å². The second kappa shape index (κ2) is 10.8. The van der Waals surface area contributed by atoms with Gasteiger partial charge in [0.05, 0.1) is 19.3 Å². The number of aliphatic imine (C=N–C) groups is 1. The van der Waals surface area contributed by atoms with Gasteiger partial charge in [-0.3, -0.25) is 9.89 Å². The van der Waals surface area contributed by atoms with Gasteiger partial charge in [-0.2, -0.15) is 0 Å². The van der Waals surface area contributed by atoms with E-state index in [2.05, 4.69) is 39.4 Å². The van der Waals surface area contributed by atoms with E-state index in [1.807, 2.05) is 18.2 Å². The van der Waals surface area contributed by atoms with E-state index in [1.54, 1.807) is 14.2 Å². The number of piperidine rings is 1. The molecule has 7 heteroatoms. The van der Waals surface area contributed by atoms with Gasteiger partial charge >= 0.3 is 0 Å². The zero-order valence-corrected chi connectivity index (χ0v) is 18.2. The first-order valence-electron chi connectivity index (χ1n) is 8.74. The van der Waals surface area contributed by atoms with Gasteiger partial charge in [0, 0.05) is 25.2 Å². The van der Waals surface area contributed by atoms with Crippen molar-refractivity contribution in [3.05, 3.63) is 23.9 Å². The molecule has 0 saturated carbocycles. The summed E-state index contributed by atoms with van der Waals surface area (Å²) in [7, 11) is 3.42. The van der Waals surface area contributed by atoms with E-state index in [9.17, 15) is 0 Å². The average Bonchev–Trinajstić information content (AvgIpc) is 2.62. The number of hydrogen-bond donors (Lipinski definition) is 2. The summed E-state index contributed by atoms with van der Waals surface area (Å²) in [5.74, 6) is 1.42. The van der Waals surface area contributed by atoms with Gasteiger partial charge in [-0.15, -0.1) is 24.0 Å². The Morgan fingerprint density at radius 3 is 2.60 bits per heavy atom. The van der Waals surface area contributed by atoms with Gasteiger partial charge in [0.1, 0.15) is 0 Å². The van der Waals surface area contributed by atoms with Gasteiger partial charge in [0.25, 0.3) is 0 Å². The molecule has 0 aromatic carbocycles. The molecule has 0 bridgehead atoms. The number of guanidine groups is 1. The first-order valence-corrected chi connectivity index (χ1v) is 8.74. The lowest BCUT2D eigenvalue weighted by molar-refractivity contribution is 0.0982. The summed E-state index contributed by atoms with van der Waals surface area (Å²) < 4.78 is 5.16. The van der Waals surface area contributed by atoms with E-state index in [0.717, 1.165) is 18.2 Å². The Bertz CT molecular complexity index is 544. The van der Waals surface area contributed by atoms with Crippen molar-refractivity contribution in [2.75, 3.05) is 33.8 Å². The van der Waals surface area contributed by atoms with E-state index in [0.29, 0.717) is 12.4 Å². The molecule has 142 valence electrons. The zero-order valence-electron chi connectivity index (χ0n) is 15.8. The number of halogens is 1. The Labute approximate surface area is 168 Å². The molecule has 1 aliphatic heterocycles. The number of methoxy groups -OCH3 is 1. The van der Waals surface area contributed by atoms with Gasteiger partial charge < -0.3 is 15.4 Å². The zero-order chi connectivity index (χ0) is 17.4. The molecule has 0 radical (unpaired) electrons. The Kier molecular flexibility index (Phi) is 9.48. The molecule has 0 unspecified atom stereocenters. The quantitative estimate of drug-likeness (QED) is 0.388. The molecule has 2 heterocycles. The summed E-state index contributed by atoms with van der Waals surface area (Å²) in [4.78, 5) is 11.3. The largest absolute Gasteiger partial charge is 0.481 e. The number of rotatable bonds is 6. The highest BCUT2D eigenvalue weighted by Gasteiger charge is 2.27. The van der Waals surface area contributed by atoms with Crippen LogP contribution in [-0.2, 0) is 6.54 Å². The Balaban J connectivity index is 0.00000312. The minimum absolute atomic E-state index is 0. The number of hydrogen-bond acceptors (Lipinski definition) is 4. The Hall–Kier alpha value is -1.09. The third-order valence-corrected chi connectivity index (χ3v) is 4.55. The topological polar surface area (TPSA) is 61.8 Å². The first kappa shape index (κ1) is 22.0. The molecule has 2 rings (SSSR count). The lowest BCUT2D eigenvalue weighted by Crippen LogP contribution is -2.54. The third kappa shape index (κ3) is 6.97. The fourth-order valence-corrected chi connectivity index (χ4v) is 2.98. The lowest BCUT2D eigenvalue weighted by Gasteiger charge is -2.41. The van der Waals surface area contributed by atoms with Crippen LogP contribution < -0.4 is 15.4 Å². The van der Waals surface area contributed by atoms with Crippen LogP contribution in [0.15, 0.2) is 23.2 Å². The second-order valence-electron chi connectivity index (χ2n) is 6.81. The van der Waals surface area contributed by atoms with Crippen LogP contribution in [0.5, 0.6) is 5.88 Å². The highest BCUT2D eigenvalue weighted by molar-refractivity contribution is 14.0. The van der Waals surface area contributed by atoms with Crippen molar-refractivity contribution in [1.29, 1.82) is 0 Å². The highest BCUT2D eigenvalue weighted by Crippen LogP contribution is 2.19. The summed E-state index contributed by atoms with van der Waals surface area (Å²) >= 11 is 0. The fourth-order valence-electron chi connectivity index (χ4n) is 2.98. The minimum Gasteiger partial charge on any atom is -0.481 e. The summed E-state index contributed by atoms with van der Waals surface area (Å²) in [6.45, 7) is 8.44. The van der Waals surface area contributed by atoms with Crippen molar-refractivity contribution < 1.29 is 4.74 Å².